The van der Waals surface area contributed by atoms with Crippen molar-refractivity contribution in [1.29, 1.82) is 0 Å². The van der Waals surface area contributed by atoms with Crippen LogP contribution < -0.4 is 10.2 Å². The van der Waals surface area contributed by atoms with Crippen LogP contribution in [0.3, 0.4) is 0 Å². The number of nitrogens with one attached hydrogen (secondary N) is 3. The number of aromatic amines is 2. The molecule has 38 heavy (non-hydrogen) atoms. The highest BCUT2D eigenvalue weighted by Crippen LogP contribution is 2.34. The quantitative estimate of drug-likeness (QED) is 0.272. The second-order valence-corrected chi connectivity index (χ2v) is 9.56. The minimum absolute atomic E-state index is 0.0970. The van der Waals surface area contributed by atoms with E-state index in [1.807, 2.05) is 13.0 Å². The van der Waals surface area contributed by atoms with Gasteiger partial charge >= 0.3 is 0 Å². The molecule has 1 aliphatic rings. The minimum Gasteiger partial charge on any atom is -0.355 e. The molecule has 194 valence electrons. The van der Waals surface area contributed by atoms with Crippen molar-refractivity contribution in [2.45, 2.75) is 45.4 Å². The van der Waals surface area contributed by atoms with E-state index in [2.05, 4.69) is 40.3 Å². The highest BCUT2D eigenvalue weighted by Gasteiger charge is 2.22. The van der Waals surface area contributed by atoms with Crippen molar-refractivity contribution in [3.8, 4) is 22.6 Å². The number of anilines is 2. The summed E-state index contributed by atoms with van der Waals surface area (Å²) in [5, 5.41) is 10.2. The van der Waals surface area contributed by atoms with E-state index in [4.69, 9.17) is 4.98 Å². The molecule has 0 unspecified atom stereocenters. The molecule has 0 saturated carbocycles. The first-order valence-corrected chi connectivity index (χ1v) is 13.0. The molecule has 1 fully saturated rings. The first-order valence-electron chi connectivity index (χ1n) is 13.0. The van der Waals surface area contributed by atoms with Crippen molar-refractivity contribution >= 4 is 39.5 Å². The molecule has 5 aromatic rings. The summed E-state index contributed by atoms with van der Waals surface area (Å²) >= 11 is 0. The fraction of sp³-hybridized carbons (Fsp3) is 0.333. The zero-order valence-electron chi connectivity index (χ0n) is 21.1. The summed E-state index contributed by atoms with van der Waals surface area (Å²) in [5.74, 6) is 0.698. The number of nitrogens with zero attached hydrogens (tertiary/aromatic N) is 6. The average molecular weight is 514 g/mol. The van der Waals surface area contributed by atoms with Crippen LogP contribution in [-0.2, 0) is 4.79 Å². The molecule has 0 aromatic carbocycles. The lowest BCUT2D eigenvalue weighted by atomic mass is 10.1. The third-order valence-electron chi connectivity index (χ3n) is 6.88. The molecule has 1 aliphatic heterocycles. The second-order valence-electron chi connectivity index (χ2n) is 9.56. The number of fused-ring (bicyclic) bond motifs is 2. The Bertz CT molecular complexity index is 1620. The molecular weight excluding hydrogens is 485 g/mol. The zero-order valence-corrected chi connectivity index (χ0v) is 21.1. The van der Waals surface area contributed by atoms with E-state index in [1.54, 1.807) is 24.7 Å². The van der Waals surface area contributed by atoms with Crippen molar-refractivity contribution in [3.63, 3.8) is 0 Å². The van der Waals surface area contributed by atoms with Gasteiger partial charge in [-0.15, -0.1) is 0 Å². The Morgan fingerprint density at radius 1 is 1.16 bits per heavy atom. The number of unbranched alkanes of at least 4 members (excludes halogenated alkanes) is 1. The third-order valence-corrected chi connectivity index (χ3v) is 6.88. The van der Waals surface area contributed by atoms with Crippen LogP contribution in [-0.4, -0.2) is 54.1 Å². The Balaban J connectivity index is 1.38. The monoisotopic (exact) mass is 513 g/mol. The average Bonchev–Trinajstić information content (AvgIpc) is 3.57. The smallest absolute Gasteiger partial charge is 0.224 e. The second kappa shape index (κ2) is 10.2. The fourth-order valence-corrected chi connectivity index (χ4v) is 4.92. The molecule has 0 spiro atoms. The minimum atomic E-state index is -0.496. The lowest BCUT2D eigenvalue weighted by Crippen LogP contribution is -2.30. The Morgan fingerprint density at radius 2 is 2.03 bits per heavy atom. The van der Waals surface area contributed by atoms with Crippen molar-refractivity contribution in [1.82, 2.24) is 35.1 Å². The summed E-state index contributed by atoms with van der Waals surface area (Å²) in [6.07, 6.45) is 11.9. The largest absolute Gasteiger partial charge is 0.355 e. The van der Waals surface area contributed by atoms with Gasteiger partial charge in [0.15, 0.2) is 17.3 Å². The number of H-pyrrole nitrogens is 2. The van der Waals surface area contributed by atoms with E-state index < -0.39 is 5.82 Å². The molecule has 5 aromatic heterocycles. The summed E-state index contributed by atoms with van der Waals surface area (Å²) in [6, 6.07) is 3.56. The van der Waals surface area contributed by atoms with Crippen LogP contribution in [0.5, 0.6) is 0 Å². The van der Waals surface area contributed by atoms with E-state index in [9.17, 15) is 4.79 Å². The molecule has 6 rings (SSSR count). The lowest BCUT2D eigenvalue weighted by Gasteiger charge is -2.27. The van der Waals surface area contributed by atoms with Crippen LogP contribution >= 0.6 is 0 Å². The Morgan fingerprint density at radius 3 is 2.87 bits per heavy atom. The molecule has 10 nitrogen and oxygen atoms in total. The van der Waals surface area contributed by atoms with Gasteiger partial charge in [0.1, 0.15) is 17.0 Å². The number of halogens is 1. The van der Waals surface area contributed by atoms with E-state index in [1.165, 1.54) is 12.6 Å². The Hall–Kier alpha value is -4.41. The predicted octanol–water partition coefficient (Wildman–Crippen LogP) is 5.22. The number of rotatable bonds is 7. The number of piperidine rings is 1. The number of amides is 1. The van der Waals surface area contributed by atoms with Gasteiger partial charge in [0.05, 0.1) is 22.8 Å². The number of aromatic nitrogens is 7. The van der Waals surface area contributed by atoms with Gasteiger partial charge in [-0.2, -0.15) is 5.10 Å². The summed E-state index contributed by atoms with van der Waals surface area (Å²) in [4.78, 5) is 35.7. The first-order chi connectivity index (χ1) is 18.6. The first kappa shape index (κ1) is 24.0. The van der Waals surface area contributed by atoms with Gasteiger partial charge in [-0.1, -0.05) is 13.3 Å². The standard InChI is InChI=1S/C27H28FN9O/c1-2-3-7-20(38)32-17-12-16(13-29-14-17)18-15-31-25-21(22(18)28)24(35-36-25)26-33-19-8-9-30-27(23(19)34-26)37-10-5-4-6-11-37/h8-9,12-15H,2-7,10-11H2,1H3,(H,32,38)(H,33,34)(H,31,35,36). The number of carbonyl (C=O) groups is 1. The van der Waals surface area contributed by atoms with Gasteiger partial charge in [-0.05, 0) is 37.8 Å². The number of carbonyl (C=O) groups excluding carboxylic acids is 1. The molecule has 0 bridgehead atoms. The summed E-state index contributed by atoms with van der Waals surface area (Å²) in [5.41, 5.74) is 3.47. The number of hydrogen-bond donors (Lipinski definition) is 3. The van der Waals surface area contributed by atoms with Crippen LogP contribution in [0.2, 0.25) is 0 Å². The van der Waals surface area contributed by atoms with E-state index >= 15 is 4.39 Å². The molecule has 1 amide bonds. The van der Waals surface area contributed by atoms with Crippen LogP contribution in [0.15, 0.2) is 36.9 Å². The predicted molar refractivity (Wildman–Crippen MR) is 144 cm³/mol. The molecule has 0 atom stereocenters. The molecule has 6 heterocycles. The normalized spacial score (nSPS) is 13.9. The van der Waals surface area contributed by atoms with Gasteiger partial charge < -0.3 is 15.2 Å². The van der Waals surface area contributed by atoms with Gasteiger partial charge in [0, 0.05) is 49.2 Å². The van der Waals surface area contributed by atoms with Gasteiger partial charge in [-0.25, -0.2) is 19.3 Å². The summed E-state index contributed by atoms with van der Waals surface area (Å²) < 4.78 is 16.0. The topological polar surface area (TPSA) is 128 Å². The molecule has 0 aliphatic carbocycles. The Labute approximate surface area is 218 Å². The highest BCUT2D eigenvalue weighted by molar-refractivity contribution is 5.96. The maximum Gasteiger partial charge on any atom is 0.224 e. The van der Waals surface area contributed by atoms with Crippen molar-refractivity contribution < 1.29 is 9.18 Å². The van der Waals surface area contributed by atoms with Gasteiger partial charge in [0.2, 0.25) is 5.91 Å². The maximum atomic E-state index is 16.0. The number of imidazole rings is 1. The fourth-order valence-electron chi connectivity index (χ4n) is 4.92. The lowest BCUT2D eigenvalue weighted by molar-refractivity contribution is -0.116. The van der Waals surface area contributed by atoms with Crippen LogP contribution in [0.1, 0.15) is 45.4 Å². The van der Waals surface area contributed by atoms with Crippen molar-refractivity contribution in [2.24, 2.45) is 0 Å². The van der Waals surface area contributed by atoms with E-state index in [0.29, 0.717) is 29.2 Å². The summed E-state index contributed by atoms with van der Waals surface area (Å²) in [6.45, 7) is 3.91. The zero-order chi connectivity index (χ0) is 26.1. The molecule has 1 saturated heterocycles. The SMILES string of the molecule is CCCCC(=O)Nc1cncc(-c2cnc3n[nH]c(-c4nc5c(N6CCCCC6)nccc5[nH]4)c3c2F)c1. The van der Waals surface area contributed by atoms with E-state index in [-0.39, 0.29) is 22.5 Å². The number of hydrogen-bond acceptors (Lipinski definition) is 7. The Kier molecular flexibility index (Phi) is 6.40. The molecule has 0 radical (unpaired) electrons. The third kappa shape index (κ3) is 4.44. The molecule has 3 N–H and O–H groups in total. The highest BCUT2D eigenvalue weighted by atomic mass is 19.1. The van der Waals surface area contributed by atoms with Crippen molar-refractivity contribution in [3.05, 3.63) is 42.7 Å². The van der Waals surface area contributed by atoms with Crippen LogP contribution in [0, 0.1) is 5.82 Å². The van der Waals surface area contributed by atoms with Gasteiger partial charge in [0.25, 0.3) is 0 Å². The van der Waals surface area contributed by atoms with Crippen molar-refractivity contribution in [2.75, 3.05) is 23.3 Å². The van der Waals surface area contributed by atoms with Crippen LogP contribution in [0.4, 0.5) is 15.9 Å². The summed E-state index contributed by atoms with van der Waals surface area (Å²) in [7, 11) is 0. The molecule has 11 heteroatoms. The van der Waals surface area contributed by atoms with Crippen LogP contribution in [0.25, 0.3) is 44.7 Å². The number of pyridine rings is 3. The van der Waals surface area contributed by atoms with E-state index in [0.717, 1.165) is 55.6 Å². The molecular formula is C27H28FN9O. The maximum absolute atomic E-state index is 16.0. The van der Waals surface area contributed by atoms with Gasteiger partial charge in [-0.3, -0.25) is 14.9 Å².